The highest BCUT2D eigenvalue weighted by Crippen LogP contribution is 2.22. The van der Waals surface area contributed by atoms with Crippen molar-refractivity contribution in [2.45, 2.75) is 6.61 Å². The predicted octanol–water partition coefficient (Wildman–Crippen LogP) is 2.27. The minimum absolute atomic E-state index is 0.140. The Kier molecular flexibility index (Phi) is 4.97. The molecule has 3 rings (SSSR count). The summed E-state index contributed by atoms with van der Waals surface area (Å²) in [6.45, 7) is -0.377. The van der Waals surface area contributed by atoms with Crippen molar-refractivity contribution in [3.8, 4) is 10.8 Å². The molecule has 0 unspecified atom stereocenters. The van der Waals surface area contributed by atoms with E-state index in [-0.39, 0.29) is 24.9 Å². The van der Waals surface area contributed by atoms with Crippen LogP contribution in [0.3, 0.4) is 0 Å². The number of ether oxygens (including phenoxy) is 1. The molecule has 122 valence electrons. The van der Waals surface area contributed by atoms with E-state index in [1.54, 1.807) is 30.3 Å². The number of aromatic nitrogens is 2. The molecule has 0 saturated carbocycles. The molecular weight excluding hydrogens is 330 g/mol. The van der Waals surface area contributed by atoms with Crippen LogP contribution in [0.15, 0.2) is 52.3 Å². The molecule has 0 fully saturated rings. The van der Waals surface area contributed by atoms with E-state index in [2.05, 4.69) is 15.5 Å². The molecule has 0 saturated heterocycles. The number of carbonyl (C=O) groups is 2. The van der Waals surface area contributed by atoms with Crippen molar-refractivity contribution in [2.24, 2.45) is 0 Å². The lowest BCUT2D eigenvalue weighted by atomic mass is 10.2. The maximum atomic E-state index is 11.8. The van der Waals surface area contributed by atoms with Gasteiger partial charge in [0.2, 0.25) is 0 Å². The number of rotatable bonds is 6. The lowest BCUT2D eigenvalue weighted by Crippen LogP contribution is -2.30. The normalized spacial score (nSPS) is 10.3. The second-order valence-electron chi connectivity index (χ2n) is 4.69. The van der Waals surface area contributed by atoms with Gasteiger partial charge in [-0.1, -0.05) is 24.3 Å². The Hall–Kier alpha value is -3.00. The Bertz CT molecular complexity index is 815. The Morgan fingerprint density at radius 1 is 1.12 bits per heavy atom. The van der Waals surface area contributed by atoms with E-state index in [4.69, 9.17) is 9.15 Å². The third-order valence-electron chi connectivity index (χ3n) is 2.98. The van der Waals surface area contributed by atoms with Crippen LogP contribution in [0.4, 0.5) is 0 Å². The zero-order valence-corrected chi connectivity index (χ0v) is 13.3. The van der Waals surface area contributed by atoms with Crippen molar-refractivity contribution in [2.75, 3.05) is 6.54 Å². The Balaban J connectivity index is 1.45. The second kappa shape index (κ2) is 7.51. The highest BCUT2D eigenvalue weighted by atomic mass is 32.1. The number of hydrogen-bond donors (Lipinski definition) is 1. The summed E-state index contributed by atoms with van der Waals surface area (Å²) in [4.78, 5) is 24.3. The summed E-state index contributed by atoms with van der Waals surface area (Å²) in [6.07, 6.45) is 0. The van der Waals surface area contributed by atoms with Crippen LogP contribution in [-0.4, -0.2) is 28.6 Å². The summed E-state index contributed by atoms with van der Waals surface area (Å²) in [5.41, 5.74) is 0.475. The largest absolute Gasteiger partial charge is 0.454 e. The first kappa shape index (κ1) is 15.9. The highest BCUT2D eigenvalue weighted by molar-refractivity contribution is 7.13. The lowest BCUT2D eigenvalue weighted by Gasteiger charge is -2.04. The average molecular weight is 343 g/mol. The van der Waals surface area contributed by atoms with Crippen molar-refractivity contribution >= 4 is 23.2 Å². The third-order valence-corrected chi connectivity index (χ3v) is 3.84. The monoisotopic (exact) mass is 343 g/mol. The summed E-state index contributed by atoms with van der Waals surface area (Å²) in [7, 11) is 0. The van der Waals surface area contributed by atoms with Gasteiger partial charge in [-0.2, -0.15) is 0 Å². The Morgan fingerprint density at radius 2 is 1.96 bits per heavy atom. The number of hydrogen-bond acceptors (Lipinski definition) is 7. The summed E-state index contributed by atoms with van der Waals surface area (Å²) < 4.78 is 10.4. The highest BCUT2D eigenvalue weighted by Gasteiger charge is 2.12. The molecule has 1 aromatic carbocycles. The molecule has 8 heteroatoms. The van der Waals surface area contributed by atoms with E-state index in [0.717, 1.165) is 4.88 Å². The Morgan fingerprint density at radius 3 is 2.71 bits per heavy atom. The molecule has 0 aliphatic rings. The van der Waals surface area contributed by atoms with Gasteiger partial charge in [0.1, 0.15) is 6.54 Å². The van der Waals surface area contributed by atoms with Gasteiger partial charge in [0, 0.05) is 5.56 Å². The van der Waals surface area contributed by atoms with E-state index in [1.165, 1.54) is 11.3 Å². The average Bonchev–Trinajstić information content (AvgIpc) is 3.29. The van der Waals surface area contributed by atoms with Gasteiger partial charge in [0.05, 0.1) is 4.88 Å². The first-order valence-electron chi connectivity index (χ1n) is 7.07. The van der Waals surface area contributed by atoms with Crippen LogP contribution < -0.4 is 5.32 Å². The molecule has 1 N–H and O–H groups in total. The number of carbonyl (C=O) groups excluding carboxylic acids is 2. The fraction of sp³-hybridized carbons (Fsp3) is 0.125. The van der Waals surface area contributed by atoms with E-state index < -0.39 is 5.97 Å². The number of thiophene rings is 1. The van der Waals surface area contributed by atoms with Crippen LogP contribution in [0.25, 0.3) is 10.8 Å². The zero-order chi connectivity index (χ0) is 16.8. The van der Waals surface area contributed by atoms with E-state index in [9.17, 15) is 9.59 Å². The smallest absolute Gasteiger partial charge is 0.325 e. The molecule has 3 aromatic rings. The number of nitrogens with one attached hydrogen (secondary N) is 1. The van der Waals surface area contributed by atoms with Crippen LogP contribution in [-0.2, 0) is 16.1 Å². The third kappa shape index (κ3) is 4.05. The predicted molar refractivity (Wildman–Crippen MR) is 86.2 cm³/mol. The molecule has 0 bridgehead atoms. The summed E-state index contributed by atoms with van der Waals surface area (Å²) in [5.74, 6) is -0.352. The minimum atomic E-state index is -0.588. The first-order chi connectivity index (χ1) is 11.7. The van der Waals surface area contributed by atoms with Crippen LogP contribution in [0, 0.1) is 0 Å². The second-order valence-corrected chi connectivity index (χ2v) is 5.64. The topological polar surface area (TPSA) is 94.3 Å². The van der Waals surface area contributed by atoms with Gasteiger partial charge in [-0.3, -0.25) is 9.59 Å². The van der Waals surface area contributed by atoms with Crippen molar-refractivity contribution in [3.05, 3.63) is 59.3 Å². The molecule has 7 nitrogen and oxygen atoms in total. The van der Waals surface area contributed by atoms with E-state index in [1.807, 2.05) is 17.5 Å². The Labute approximate surface area is 141 Å². The molecule has 0 spiro atoms. The first-order valence-corrected chi connectivity index (χ1v) is 7.95. The van der Waals surface area contributed by atoms with Gasteiger partial charge >= 0.3 is 5.97 Å². The van der Waals surface area contributed by atoms with Crippen LogP contribution >= 0.6 is 11.3 Å². The molecule has 24 heavy (non-hydrogen) atoms. The van der Waals surface area contributed by atoms with Gasteiger partial charge in [-0.25, -0.2) is 0 Å². The van der Waals surface area contributed by atoms with Gasteiger partial charge in [-0.05, 0) is 23.6 Å². The van der Waals surface area contributed by atoms with Crippen LogP contribution in [0.5, 0.6) is 0 Å². The molecule has 1 amide bonds. The summed E-state index contributed by atoms with van der Waals surface area (Å²) in [5, 5.41) is 12.1. The molecule has 2 heterocycles. The molecule has 0 atom stereocenters. The van der Waals surface area contributed by atoms with Crippen molar-refractivity contribution < 1.29 is 18.7 Å². The zero-order valence-electron chi connectivity index (χ0n) is 12.5. The number of benzene rings is 1. The minimum Gasteiger partial charge on any atom is -0.454 e. The van der Waals surface area contributed by atoms with Crippen molar-refractivity contribution in [1.82, 2.24) is 15.5 Å². The molecular formula is C16H13N3O4S. The van der Waals surface area contributed by atoms with Crippen molar-refractivity contribution in [3.63, 3.8) is 0 Å². The fourth-order valence-electron chi connectivity index (χ4n) is 1.85. The number of nitrogens with zero attached hydrogens (tertiary/aromatic N) is 2. The van der Waals surface area contributed by atoms with Gasteiger partial charge in [0.15, 0.2) is 6.61 Å². The number of amides is 1. The van der Waals surface area contributed by atoms with Crippen LogP contribution in [0.2, 0.25) is 0 Å². The van der Waals surface area contributed by atoms with Crippen LogP contribution in [0.1, 0.15) is 16.2 Å². The molecule has 0 aliphatic heterocycles. The van der Waals surface area contributed by atoms with E-state index in [0.29, 0.717) is 11.5 Å². The standard InChI is InChI=1S/C16H13N3O4S/c20-14(9-17-15(21)11-5-2-1-3-6-11)22-10-13-18-19-16(23-13)12-7-4-8-24-12/h1-8H,9-10H2,(H,17,21). The van der Waals surface area contributed by atoms with Gasteiger partial charge in [0.25, 0.3) is 17.7 Å². The van der Waals surface area contributed by atoms with Crippen molar-refractivity contribution in [1.29, 1.82) is 0 Å². The SMILES string of the molecule is O=C(CNC(=O)c1ccccc1)OCc1nnc(-c2cccs2)o1. The summed E-state index contributed by atoms with van der Waals surface area (Å²) >= 11 is 1.47. The lowest BCUT2D eigenvalue weighted by molar-refractivity contribution is -0.144. The molecule has 2 aromatic heterocycles. The molecule has 0 aliphatic carbocycles. The fourth-order valence-corrected chi connectivity index (χ4v) is 2.49. The maximum Gasteiger partial charge on any atom is 0.325 e. The van der Waals surface area contributed by atoms with E-state index >= 15 is 0 Å². The van der Waals surface area contributed by atoms with Gasteiger partial charge in [-0.15, -0.1) is 21.5 Å². The molecule has 0 radical (unpaired) electrons. The quantitative estimate of drug-likeness (QED) is 0.690. The number of esters is 1. The summed E-state index contributed by atoms with van der Waals surface area (Å²) in [6, 6.07) is 12.3. The van der Waals surface area contributed by atoms with Gasteiger partial charge < -0.3 is 14.5 Å². The maximum absolute atomic E-state index is 11.8.